The summed E-state index contributed by atoms with van der Waals surface area (Å²) < 4.78 is 76.0. The zero-order chi connectivity index (χ0) is 28.4. The predicted molar refractivity (Wildman–Crippen MR) is 156 cm³/mol. The Bertz CT molecular complexity index is 983. The van der Waals surface area contributed by atoms with Crippen LogP contribution in [0.2, 0.25) is 0 Å². The van der Waals surface area contributed by atoms with Crippen molar-refractivity contribution in [1.29, 1.82) is 0 Å². The summed E-state index contributed by atoms with van der Waals surface area (Å²) >= 11 is 0. The Morgan fingerprint density at radius 1 is 0.923 bits per heavy atom. The second-order valence-corrected chi connectivity index (χ2v) is 11.9. The van der Waals surface area contributed by atoms with Gasteiger partial charge in [0.1, 0.15) is 0 Å². The fourth-order valence-electron chi connectivity index (χ4n) is 3.16. The Morgan fingerprint density at radius 2 is 1.41 bits per heavy atom. The van der Waals surface area contributed by atoms with E-state index in [-0.39, 0.29) is 85.4 Å². The van der Waals surface area contributed by atoms with E-state index in [4.69, 9.17) is 41.1 Å². The number of hydrogen-bond acceptors (Lipinski definition) is 8. The molecule has 1 aromatic rings. The van der Waals surface area contributed by atoms with Gasteiger partial charge in [-0.15, -0.1) is 6.58 Å². The zero-order valence-electron chi connectivity index (χ0n) is 21.4. The number of rotatable bonds is 19. The van der Waals surface area contributed by atoms with Gasteiger partial charge in [0.2, 0.25) is 0 Å². The fourth-order valence-corrected chi connectivity index (χ4v) is 5.33. The molecule has 17 heteroatoms. The Kier molecular flexibility index (Phi) is 27.8. The molecule has 0 aliphatic rings. The Hall–Kier alpha value is 0.990. The third-order valence-electron chi connectivity index (χ3n) is 4.77. The van der Waals surface area contributed by atoms with Gasteiger partial charge in [-0.2, -0.15) is 12.7 Å². The van der Waals surface area contributed by atoms with Gasteiger partial charge in [-0.3, -0.25) is 13.6 Å². The first-order valence-electron chi connectivity index (χ1n) is 11.9. The van der Waals surface area contributed by atoms with Crippen molar-refractivity contribution in [2.75, 3.05) is 13.7 Å². The summed E-state index contributed by atoms with van der Waals surface area (Å²) in [5, 5.41) is 0. The van der Waals surface area contributed by atoms with Crippen LogP contribution in [0.25, 0.3) is 0 Å². The second kappa shape index (κ2) is 24.4. The molecule has 0 bridgehead atoms. The molecular formula is C22H43CaNaO12P2S. The van der Waals surface area contributed by atoms with Crippen LogP contribution in [-0.2, 0) is 34.8 Å². The molecular weight excluding hydrogens is 613 g/mol. The van der Waals surface area contributed by atoms with E-state index in [0.717, 1.165) is 24.8 Å². The summed E-state index contributed by atoms with van der Waals surface area (Å²) in [6.45, 7) is 5.86. The Balaban J connectivity index is -0.00000169. The first-order valence-corrected chi connectivity index (χ1v) is 16.3. The van der Waals surface area contributed by atoms with E-state index in [2.05, 4.69) is 17.8 Å². The average Bonchev–Trinajstić information content (AvgIpc) is 2.76. The average molecular weight is 657 g/mol. The molecule has 0 aliphatic heterocycles. The van der Waals surface area contributed by atoms with Crippen LogP contribution in [0.1, 0.15) is 76.7 Å². The fraction of sp³-hybridized carbons (Fsp3) is 0.636. The van der Waals surface area contributed by atoms with Gasteiger partial charge in [0.25, 0.3) is 0 Å². The first kappa shape index (κ1) is 44.4. The van der Waals surface area contributed by atoms with Crippen molar-refractivity contribution in [2.45, 2.75) is 77.6 Å². The van der Waals surface area contributed by atoms with Gasteiger partial charge < -0.3 is 19.0 Å². The summed E-state index contributed by atoms with van der Waals surface area (Å²) in [4.78, 5) is 18.3. The summed E-state index contributed by atoms with van der Waals surface area (Å²) in [6.07, 6.45) is 13.4. The number of unbranched alkanes of at least 4 members (excludes halogenated alkanes) is 9. The van der Waals surface area contributed by atoms with E-state index in [1.165, 1.54) is 51.7 Å². The van der Waals surface area contributed by atoms with Crippen LogP contribution in [-0.4, -0.2) is 108 Å². The minimum absolute atomic E-state index is 0. The van der Waals surface area contributed by atoms with Crippen molar-refractivity contribution in [3.05, 3.63) is 36.4 Å². The molecule has 39 heavy (non-hydrogen) atoms. The van der Waals surface area contributed by atoms with Crippen LogP contribution < -0.4 is 9.26 Å². The molecule has 0 fully saturated rings. The maximum absolute atomic E-state index is 12.9. The molecule has 1 aromatic carbocycles. The second-order valence-electron chi connectivity index (χ2n) is 8.05. The molecule has 1 unspecified atom stereocenters. The Labute approximate surface area is 284 Å². The third kappa shape index (κ3) is 27.6. The summed E-state index contributed by atoms with van der Waals surface area (Å²) in [7, 11) is -13.0. The molecule has 1 atom stereocenters. The first-order chi connectivity index (χ1) is 17.2. The number of phosphoric acid groups is 2. The summed E-state index contributed by atoms with van der Waals surface area (Å²) in [5.74, 6) is 0.238. The van der Waals surface area contributed by atoms with Gasteiger partial charge in [-0.05, 0) is 30.5 Å². The van der Waals surface area contributed by atoms with Crippen LogP contribution in [0.5, 0.6) is 11.5 Å². The topological polar surface area (TPSA) is 186 Å². The molecule has 222 valence electrons. The molecule has 4 N–H and O–H groups in total. The van der Waals surface area contributed by atoms with Crippen molar-refractivity contribution in [3.8, 4) is 11.5 Å². The number of phosphoric ester groups is 1. The zero-order valence-corrected chi connectivity index (χ0v) is 24.0. The third-order valence-corrected chi connectivity index (χ3v) is 7.34. The quantitative estimate of drug-likeness (QED) is 0.0528. The Morgan fingerprint density at radius 3 is 1.85 bits per heavy atom. The number of hydrogen-bond donors (Lipinski definition) is 4. The van der Waals surface area contributed by atoms with Crippen LogP contribution in [0.4, 0.5) is 0 Å². The van der Waals surface area contributed by atoms with Crippen LogP contribution >= 0.6 is 15.6 Å². The molecule has 0 radical (unpaired) electrons. The van der Waals surface area contributed by atoms with E-state index in [1.54, 1.807) is 18.2 Å². The van der Waals surface area contributed by atoms with Crippen molar-refractivity contribution in [2.24, 2.45) is 0 Å². The van der Waals surface area contributed by atoms with Crippen LogP contribution in [0.3, 0.4) is 0 Å². The van der Waals surface area contributed by atoms with E-state index in [0.29, 0.717) is 12.8 Å². The van der Waals surface area contributed by atoms with Gasteiger partial charge in [0.05, 0.1) is 13.7 Å². The standard InChI is InChI=1S/C22H38O8P2.Ca.Na.H2O4S.3H/c1-4-6-7-8-9-10-11-12-13-14-18-28-32(26,30-31(23,24)25)29-21-17-16-20(15-5-2)19-22(21)27-3;;;1-5(2,3)4;;;/h5,16-17,19H,2,4,6-15,18H2,1,3H3,(H2,23,24,25);;;(H2,1,2,3,4);;;. The molecule has 0 aromatic heterocycles. The van der Waals surface area contributed by atoms with E-state index in [1.807, 2.05) is 0 Å². The summed E-state index contributed by atoms with van der Waals surface area (Å²) in [5.41, 5.74) is 0.876. The number of benzene rings is 1. The predicted octanol–water partition coefficient (Wildman–Crippen LogP) is 4.74. The monoisotopic (exact) mass is 656 g/mol. The maximum atomic E-state index is 12.9. The van der Waals surface area contributed by atoms with Crippen molar-refractivity contribution in [1.82, 2.24) is 0 Å². The van der Waals surface area contributed by atoms with E-state index in [9.17, 15) is 9.13 Å². The normalized spacial score (nSPS) is 12.6. The molecule has 0 heterocycles. The number of allylic oxidation sites excluding steroid dienone is 1. The van der Waals surface area contributed by atoms with Gasteiger partial charge >= 0.3 is 93.3 Å². The van der Waals surface area contributed by atoms with Gasteiger partial charge in [-0.25, -0.2) is 9.13 Å². The molecule has 0 amide bonds. The molecule has 0 saturated heterocycles. The molecule has 0 spiro atoms. The van der Waals surface area contributed by atoms with Crippen molar-refractivity contribution in [3.63, 3.8) is 0 Å². The van der Waals surface area contributed by atoms with Gasteiger partial charge in [-0.1, -0.05) is 76.9 Å². The van der Waals surface area contributed by atoms with E-state index >= 15 is 0 Å². The van der Waals surface area contributed by atoms with Gasteiger partial charge in [0, 0.05) is 0 Å². The van der Waals surface area contributed by atoms with Gasteiger partial charge in [0.15, 0.2) is 11.5 Å². The summed E-state index contributed by atoms with van der Waals surface area (Å²) in [6, 6.07) is 4.84. The molecule has 12 nitrogen and oxygen atoms in total. The van der Waals surface area contributed by atoms with Crippen molar-refractivity contribution >= 4 is 93.3 Å². The molecule has 0 aliphatic carbocycles. The molecule has 1 rings (SSSR count). The number of ether oxygens (including phenoxy) is 1. The van der Waals surface area contributed by atoms with Crippen LogP contribution in [0, 0.1) is 0 Å². The SMILES string of the molecule is C=CCc1ccc(OP(=O)(OCCCCCCCCCCCC)OP(=O)(O)O)c(OC)c1.O=S(=O)(O)O.[CaH2].[NaH]. The van der Waals surface area contributed by atoms with Crippen LogP contribution in [0.15, 0.2) is 30.9 Å². The minimum atomic E-state index is -5.12. The van der Waals surface area contributed by atoms with E-state index < -0.39 is 26.0 Å². The number of methoxy groups -OCH3 is 1. The van der Waals surface area contributed by atoms with Crippen molar-refractivity contribution < 1.29 is 54.5 Å². The molecule has 0 saturated carbocycles.